The Kier molecular flexibility index (Phi) is 5.84. The molecule has 0 aromatic carbocycles. The van der Waals surface area contributed by atoms with Gasteiger partial charge in [0.1, 0.15) is 0 Å². The Morgan fingerprint density at radius 1 is 1.43 bits per heavy atom. The van der Waals surface area contributed by atoms with Crippen LogP contribution >= 0.6 is 0 Å². The van der Waals surface area contributed by atoms with E-state index in [-0.39, 0.29) is 26.2 Å². The maximum absolute atomic E-state index is 8.83. The van der Waals surface area contributed by atoms with Crippen molar-refractivity contribution >= 4 is 26.2 Å². The van der Waals surface area contributed by atoms with E-state index in [1.807, 2.05) is 6.92 Å². The molecule has 0 spiro atoms. The van der Waals surface area contributed by atoms with Crippen LogP contribution in [0.15, 0.2) is 0 Å². The summed E-state index contributed by atoms with van der Waals surface area (Å²) < 4.78 is 0. The molecule has 1 N–H and O–H groups in total. The van der Waals surface area contributed by atoms with Crippen LogP contribution in [0, 0.1) is 0 Å². The number of hydrogen-bond acceptors (Lipinski definition) is 1. The summed E-state index contributed by atoms with van der Waals surface area (Å²) in [5.74, 6) is 0. The van der Waals surface area contributed by atoms with Gasteiger partial charge in [-0.3, -0.25) is 0 Å². The van der Waals surface area contributed by atoms with Gasteiger partial charge in [-0.25, -0.2) is 0 Å². The normalized spacial score (nSPS) is 10.3. The largest absolute Gasteiger partial charge is 0.390 e. The Balaban J connectivity index is 0. The van der Waals surface area contributed by atoms with Crippen molar-refractivity contribution < 1.29 is 5.11 Å². The van der Waals surface area contributed by atoms with E-state index in [0.29, 0.717) is 0 Å². The average molecular weight is 297 g/mol. The van der Waals surface area contributed by atoms with Crippen molar-refractivity contribution in [1.82, 2.24) is 0 Å². The molecule has 3 radical (unpaired) electrons. The molecule has 0 aliphatic rings. The van der Waals surface area contributed by atoms with E-state index < -0.39 is 5.60 Å². The molecule has 0 aliphatic heterocycles. The van der Waals surface area contributed by atoms with Gasteiger partial charge in [0.2, 0.25) is 0 Å². The van der Waals surface area contributed by atoms with E-state index in [2.05, 4.69) is 0 Å². The van der Waals surface area contributed by atoms with Crippen LogP contribution in [-0.2, 0) is 0 Å². The van der Waals surface area contributed by atoms with Crippen molar-refractivity contribution in [1.29, 1.82) is 0 Å². The first-order valence-electron chi connectivity index (χ1n) is 2.28. The summed E-state index contributed by atoms with van der Waals surface area (Å²) in [4.78, 5) is 0. The zero-order valence-electron chi connectivity index (χ0n) is 5.10. The third-order valence-corrected chi connectivity index (χ3v) is 0.865. The zero-order valence-corrected chi connectivity index (χ0v) is 8.58. The Hall–Kier alpha value is 0.843. The first kappa shape index (κ1) is 10.8. The third kappa shape index (κ3) is 10.9. The smallest absolute Gasteiger partial charge is 0.0589 e. The second-order valence-electron chi connectivity index (χ2n) is 2.17. The molecule has 0 aromatic rings. The minimum Gasteiger partial charge on any atom is -0.390 e. The van der Waals surface area contributed by atoms with E-state index >= 15 is 0 Å². The number of rotatable bonds is 1. The fraction of sp³-hybridized carbons (Fsp3) is 1.00. The van der Waals surface area contributed by atoms with Gasteiger partial charge in [-0.05, 0) is 20.3 Å². The number of aliphatic hydroxyl groups is 1. The van der Waals surface area contributed by atoms with Gasteiger partial charge in [-0.2, -0.15) is 0 Å². The predicted molar refractivity (Wildman–Crippen MR) is 32.3 cm³/mol. The molecule has 0 unspecified atom stereocenters. The van der Waals surface area contributed by atoms with E-state index in [0.717, 1.165) is 6.42 Å². The third-order valence-electron chi connectivity index (χ3n) is 0.865. The SMILES string of the molecule is CCC(C)(C)O.[Bi]. The van der Waals surface area contributed by atoms with Gasteiger partial charge < -0.3 is 5.11 Å². The van der Waals surface area contributed by atoms with Crippen LogP contribution in [0.1, 0.15) is 27.2 Å². The predicted octanol–water partition coefficient (Wildman–Crippen LogP) is 0.786. The van der Waals surface area contributed by atoms with Crippen molar-refractivity contribution in [2.45, 2.75) is 32.8 Å². The van der Waals surface area contributed by atoms with Crippen LogP contribution in [0.5, 0.6) is 0 Å². The first-order chi connectivity index (χ1) is 2.56. The fourth-order valence-electron chi connectivity index (χ4n) is 0. The van der Waals surface area contributed by atoms with Crippen LogP contribution in [-0.4, -0.2) is 36.9 Å². The van der Waals surface area contributed by atoms with Crippen molar-refractivity contribution in [3.05, 3.63) is 0 Å². The molecule has 43 valence electrons. The molecule has 0 saturated carbocycles. The van der Waals surface area contributed by atoms with Crippen LogP contribution < -0.4 is 0 Å². The van der Waals surface area contributed by atoms with Gasteiger partial charge >= 0.3 is 0 Å². The van der Waals surface area contributed by atoms with Gasteiger partial charge in [0.25, 0.3) is 0 Å². The van der Waals surface area contributed by atoms with Gasteiger partial charge in [0.15, 0.2) is 0 Å². The Bertz CT molecular complexity index is 37.8. The van der Waals surface area contributed by atoms with Gasteiger partial charge in [-0.1, -0.05) is 6.92 Å². The standard InChI is InChI=1S/C5H12O.Bi/c1-4-5(2,3)6;/h6H,4H2,1-3H3;. The quantitative estimate of drug-likeness (QED) is 0.710. The van der Waals surface area contributed by atoms with Crippen LogP contribution in [0.2, 0.25) is 0 Å². The summed E-state index contributed by atoms with van der Waals surface area (Å²) in [5.41, 5.74) is -0.458. The van der Waals surface area contributed by atoms with Crippen LogP contribution in [0.4, 0.5) is 0 Å². The van der Waals surface area contributed by atoms with Crippen LogP contribution in [0.25, 0.3) is 0 Å². The zero-order chi connectivity index (χ0) is 5.21. The van der Waals surface area contributed by atoms with E-state index in [1.165, 1.54) is 0 Å². The molecule has 0 rings (SSSR count). The average Bonchev–Trinajstić information content (AvgIpc) is 1.35. The van der Waals surface area contributed by atoms with Crippen molar-refractivity contribution in [3.63, 3.8) is 0 Å². The summed E-state index contributed by atoms with van der Waals surface area (Å²) in [5, 5.41) is 8.83. The van der Waals surface area contributed by atoms with Gasteiger partial charge in [0.05, 0.1) is 5.60 Å². The summed E-state index contributed by atoms with van der Waals surface area (Å²) in [6.45, 7) is 5.56. The number of hydrogen-bond donors (Lipinski definition) is 1. The monoisotopic (exact) mass is 297 g/mol. The van der Waals surface area contributed by atoms with E-state index in [9.17, 15) is 0 Å². The second-order valence-corrected chi connectivity index (χ2v) is 2.17. The molecule has 1 nitrogen and oxygen atoms in total. The van der Waals surface area contributed by atoms with Crippen LogP contribution in [0.3, 0.4) is 0 Å². The molecule has 0 bridgehead atoms. The molecule has 0 fully saturated rings. The molecule has 0 aromatic heterocycles. The van der Waals surface area contributed by atoms with E-state index in [1.54, 1.807) is 13.8 Å². The molecule has 0 heterocycles. The van der Waals surface area contributed by atoms with Gasteiger partial charge in [0, 0.05) is 26.2 Å². The summed E-state index contributed by atoms with van der Waals surface area (Å²) >= 11 is 0. The fourth-order valence-corrected chi connectivity index (χ4v) is 0. The second kappa shape index (κ2) is 3.80. The minimum atomic E-state index is -0.458. The summed E-state index contributed by atoms with van der Waals surface area (Å²) in [6, 6.07) is 0. The van der Waals surface area contributed by atoms with Crippen molar-refractivity contribution in [3.8, 4) is 0 Å². The summed E-state index contributed by atoms with van der Waals surface area (Å²) in [6.07, 6.45) is 0.826. The molecule has 7 heavy (non-hydrogen) atoms. The Morgan fingerprint density at radius 2 is 1.57 bits per heavy atom. The molecule has 0 amide bonds. The molecule has 0 aliphatic carbocycles. The minimum absolute atomic E-state index is 0. The van der Waals surface area contributed by atoms with Gasteiger partial charge in [-0.15, -0.1) is 0 Å². The maximum Gasteiger partial charge on any atom is 0.0589 e. The topological polar surface area (TPSA) is 20.2 Å². The van der Waals surface area contributed by atoms with Crippen molar-refractivity contribution in [2.75, 3.05) is 0 Å². The summed E-state index contributed by atoms with van der Waals surface area (Å²) in [7, 11) is 0. The molecule has 0 saturated heterocycles. The maximum atomic E-state index is 8.83. The van der Waals surface area contributed by atoms with E-state index in [4.69, 9.17) is 5.11 Å². The molecular formula is C5H12BiO. The molecule has 2 heteroatoms. The molecular weight excluding hydrogens is 285 g/mol. The molecule has 0 atom stereocenters. The van der Waals surface area contributed by atoms with Crippen molar-refractivity contribution in [2.24, 2.45) is 0 Å². The Morgan fingerprint density at radius 3 is 1.57 bits per heavy atom. The first-order valence-corrected chi connectivity index (χ1v) is 2.28. The Labute approximate surface area is 64.2 Å².